The zero-order valence-electron chi connectivity index (χ0n) is 11.6. The van der Waals surface area contributed by atoms with E-state index in [0.29, 0.717) is 17.6 Å². The molecular weight excluding hydrogens is 210 g/mol. The molecule has 0 N–H and O–H groups in total. The Bertz CT molecular complexity index is 270. The Kier molecular flexibility index (Phi) is 4.24. The smallest absolute Gasteiger partial charge is 0.137 e. The lowest BCUT2D eigenvalue weighted by Gasteiger charge is -2.32. The molecule has 0 aliphatic heterocycles. The Hall–Kier alpha value is -0.370. The van der Waals surface area contributed by atoms with Crippen molar-refractivity contribution in [1.29, 1.82) is 0 Å². The van der Waals surface area contributed by atoms with Gasteiger partial charge >= 0.3 is 0 Å². The van der Waals surface area contributed by atoms with Crippen LogP contribution in [-0.2, 0) is 4.79 Å². The summed E-state index contributed by atoms with van der Waals surface area (Å²) in [6.45, 7) is 9.06. The summed E-state index contributed by atoms with van der Waals surface area (Å²) in [4.78, 5) is 14.6. The molecule has 2 rings (SSSR count). The molecule has 0 aromatic heterocycles. The summed E-state index contributed by atoms with van der Waals surface area (Å²) >= 11 is 0. The third kappa shape index (κ3) is 3.80. The standard InChI is InChI=1S/C15H27NO/c1-11(2)9-16(14-5-6-14)10-13-8-12(3)4-7-15(13)17/h11-14H,4-10H2,1-3H3. The molecule has 0 aromatic rings. The molecule has 2 saturated carbocycles. The zero-order valence-corrected chi connectivity index (χ0v) is 11.6. The Balaban J connectivity index is 1.89. The highest BCUT2D eigenvalue weighted by Gasteiger charge is 2.34. The molecule has 0 heterocycles. The van der Waals surface area contributed by atoms with Crippen LogP contribution in [-0.4, -0.2) is 29.8 Å². The maximum atomic E-state index is 12.0. The van der Waals surface area contributed by atoms with Crippen molar-refractivity contribution in [2.24, 2.45) is 17.8 Å². The third-order valence-electron chi connectivity index (χ3n) is 4.14. The molecule has 2 fully saturated rings. The quantitative estimate of drug-likeness (QED) is 0.732. The van der Waals surface area contributed by atoms with Crippen molar-refractivity contribution in [2.45, 2.75) is 58.9 Å². The summed E-state index contributed by atoms with van der Waals surface area (Å²) in [7, 11) is 0. The zero-order chi connectivity index (χ0) is 12.4. The lowest BCUT2D eigenvalue weighted by Crippen LogP contribution is -2.39. The van der Waals surface area contributed by atoms with Gasteiger partial charge in [0.25, 0.3) is 0 Å². The Morgan fingerprint density at radius 3 is 2.59 bits per heavy atom. The van der Waals surface area contributed by atoms with Crippen molar-refractivity contribution in [3.8, 4) is 0 Å². The first-order valence-corrected chi connectivity index (χ1v) is 7.33. The van der Waals surface area contributed by atoms with Gasteiger partial charge in [-0.2, -0.15) is 0 Å². The van der Waals surface area contributed by atoms with E-state index in [1.807, 2.05) is 0 Å². The van der Waals surface area contributed by atoms with Crippen molar-refractivity contribution in [1.82, 2.24) is 4.90 Å². The predicted molar refractivity (Wildman–Crippen MR) is 70.9 cm³/mol. The number of rotatable bonds is 5. The van der Waals surface area contributed by atoms with Crippen LogP contribution in [0, 0.1) is 17.8 Å². The first-order valence-electron chi connectivity index (χ1n) is 7.33. The molecule has 0 saturated heterocycles. The van der Waals surface area contributed by atoms with Crippen molar-refractivity contribution in [3.05, 3.63) is 0 Å². The summed E-state index contributed by atoms with van der Waals surface area (Å²) in [5.74, 6) is 2.32. The Morgan fingerprint density at radius 2 is 2.00 bits per heavy atom. The number of hydrogen-bond donors (Lipinski definition) is 0. The molecule has 2 nitrogen and oxygen atoms in total. The van der Waals surface area contributed by atoms with E-state index in [1.54, 1.807) is 0 Å². The molecule has 2 unspecified atom stereocenters. The molecule has 0 bridgehead atoms. The highest BCUT2D eigenvalue weighted by atomic mass is 16.1. The maximum Gasteiger partial charge on any atom is 0.137 e. The van der Waals surface area contributed by atoms with Crippen molar-refractivity contribution < 1.29 is 4.79 Å². The maximum absolute atomic E-state index is 12.0. The second kappa shape index (κ2) is 5.51. The molecule has 0 amide bonds. The van der Waals surface area contributed by atoms with E-state index in [0.717, 1.165) is 37.8 Å². The Morgan fingerprint density at radius 1 is 1.29 bits per heavy atom. The van der Waals surface area contributed by atoms with E-state index in [4.69, 9.17) is 0 Å². The van der Waals surface area contributed by atoms with Gasteiger partial charge in [-0.1, -0.05) is 20.8 Å². The fourth-order valence-corrected chi connectivity index (χ4v) is 3.07. The number of hydrogen-bond acceptors (Lipinski definition) is 2. The van der Waals surface area contributed by atoms with Crippen LogP contribution < -0.4 is 0 Å². The van der Waals surface area contributed by atoms with Gasteiger partial charge in [-0.05, 0) is 37.5 Å². The van der Waals surface area contributed by atoms with Crippen LogP contribution in [0.3, 0.4) is 0 Å². The number of nitrogens with zero attached hydrogens (tertiary/aromatic N) is 1. The molecular formula is C15H27NO. The SMILES string of the molecule is CC(C)CN(CC1CC(C)CCC1=O)C1CC1. The van der Waals surface area contributed by atoms with E-state index in [1.165, 1.54) is 19.4 Å². The predicted octanol–water partition coefficient (Wildman–Crippen LogP) is 3.11. The van der Waals surface area contributed by atoms with Crippen LogP contribution in [0.5, 0.6) is 0 Å². The minimum absolute atomic E-state index is 0.332. The summed E-state index contributed by atoms with van der Waals surface area (Å²) in [6, 6.07) is 0.794. The summed E-state index contributed by atoms with van der Waals surface area (Å²) in [5.41, 5.74) is 0. The van der Waals surface area contributed by atoms with Crippen LogP contribution in [0.1, 0.15) is 52.9 Å². The van der Waals surface area contributed by atoms with E-state index >= 15 is 0 Å². The second-order valence-electron chi connectivity index (χ2n) is 6.62. The van der Waals surface area contributed by atoms with Gasteiger partial charge in [-0.15, -0.1) is 0 Å². The fraction of sp³-hybridized carbons (Fsp3) is 0.933. The van der Waals surface area contributed by atoms with Crippen LogP contribution in [0.2, 0.25) is 0 Å². The average Bonchev–Trinajstić information content (AvgIpc) is 3.05. The molecule has 2 aliphatic carbocycles. The van der Waals surface area contributed by atoms with Crippen molar-refractivity contribution in [2.75, 3.05) is 13.1 Å². The molecule has 17 heavy (non-hydrogen) atoms. The van der Waals surface area contributed by atoms with Gasteiger partial charge in [0.05, 0.1) is 0 Å². The van der Waals surface area contributed by atoms with Crippen LogP contribution in [0.25, 0.3) is 0 Å². The second-order valence-corrected chi connectivity index (χ2v) is 6.62. The number of Topliss-reactive ketones (excluding diaryl/α,β-unsaturated/α-hetero) is 1. The number of carbonyl (C=O) groups excluding carboxylic acids is 1. The van der Waals surface area contributed by atoms with Crippen LogP contribution in [0.4, 0.5) is 0 Å². The van der Waals surface area contributed by atoms with Gasteiger partial charge in [0.2, 0.25) is 0 Å². The lowest BCUT2D eigenvalue weighted by atomic mass is 9.81. The highest BCUT2D eigenvalue weighted by molar-refractivity contribution is 5.81. The largest absolute Gasteiger partial charge is 0.299 e. The van der Waals surface area contributed by atoms with E-state index < -0.39 is 0 Å². The van der Waals surface area contributed by atoms with E-state index in [9.17, 15) is 4.79 Å². The average molecular weight is 237 g/mol. The lowest BCUT2D eigenvalue weighted by molar-refractivity contribution is -0.126. The van der Waals surface area contributed by atoms with Gasteiger partial charge in [0.1, 0.15) is 5.78 Å². The van der Waals surface area contributed by atoms with E-state index in [2.05, 4.69) is 25.7 Å². The van der Waals surface area contributed by atoms with Crippen LogP contribution >= 0.6 is 0 Å². The Labute approximate surface area is 106 Å². The molecule has 2 atom stereocenters. The van der Waals surface area contributed by atoms with Crippen LogP contribution in [0.15, 0.2) is 0 Å². The molecule has 0 aromatic carbocycles. The minimum Gasteiger partial charge on any atom is -0.299 e. The first-order chi connectivity index (χ1) is 8.06. The first kappa shape index (κ1) is 13.1. The summed E-state index contributed by atoms with van der Waals surface area (Å²) < 4.78 is 0. The molecule has 98 valence electrons. The molecule has 0 radical (unpaired) electrons. The molecule has 2 heteroatoms. The topological polar surface area (TPSA) is 20.3 Å². The third-order valence-corrected chi connectivity index (χ3v) is 4.14. The highest BCUT2D eigenvalue weighted by Crippen LogP contribution is 2.32. The van der Waals surface area contributed by atoms with Gasteiger partial charge in [0.15, 0.2) is 0 Å². The van der Waals surface area contributed by atoms with Gasteiger partial charge in [-0.3, -0.25) is 9.69 Å². The van der Waals surface area contributed by atoms with E-state index in [-0.39, 0.29) is 0 Å². The van der Waals surface area contributed by atoms with Crippen molar-refractivity contribution >= 4 is 5.78 Å². The summed E-state index contributed by atoms with van der Waals surface area (Å²) in [6.07, 6.45) is 5.77. The summed E-state index contributed by atoms with van der Waals surface area (Å²) in [5, 5.41) is 0. The van der Waals surface area contributed by atoms with Gasteiger partial charge < -0.3 is 0 Å². The minimum atomic E-state index is 0.332. The molecule has 2 aliphatic rings. The van der Waals surface area contributed by atoms with Crippen molar-refractivity contribution in [3.63, 3.8) is 0 Å². The number of carbonyl (C=O) groups is 1. The molecule has 0 spiro atoms. The number of ketones is 1. The monoisotopic (exact) mass is 237 g/mol. The van der Waals surface area contributed by atoms with Gasteiger partial charge in [-0.25, -0.2) is 0 Å². The van der Waals surface area contributed by atoms with Gasteiger partial charge in [0, 0.05) is 31.5 Å². The normalized spacial score (nSPS) is 30.3. The fourth-order valence-electron chi connectivity index (χ4n) is 3.07.